The maximum atomic E-state index is 12.3. The van der Waals surface area contributed by atoms with Crippen molar-refractivity contribution in [3.8, 4) is 0 Å². The van der Waals surface area contributed by atoms with E-state index in [4.69, 9.17) is 34.8 Å². The first-order chi connectivity index (χ1) is 20.7. The number of carboxylic acid groups (broad SMARTS) is 1. The van der Waals surface area contributed by atoms with Crippen LogP contribution in [0.1, 0.15) is 77.6 Å². The molecule has 0 spiro atoms. The van der Waals surface area contributed by atoms with Gasteiger partial charge in [0.1, 0.15) is 22.8 Å². The number of pyridine rings is 2. The van der Waals surface area contributed by atoms with E-state index in [0.29, 0.717) is 24.7 Å². The van der Waals surface area contributed by atoms with Crippen LogP contribution in [0.3, 0.4) is 0 Å². The highest BCUT2D eigenvalue weighted by Gasteiger charge is 2.38. The molecule has 0 saturated carbocycles. The Kier molecular flexibility index (Phi) is 12.9. The van der Waals surface area contributed by atoms with E-state index in [1.54, 1.807) is 72.1 Å². The van der Waals surface area contributed by atoms with Crippen molar-refractivity contribution in [1.29, 1.82) is 0 Å². The van der Waals surface area contributed by atoms with E-state index in [1.165, 1.54) is 5.06 Å². The lowest BCUT2D eigenvalue weighted by atomic mass is 10.1. The Hall–Kier alpha value is -4.22. The molecule has 0 aromatic carbocycles. The number of carboxylic acids is 1. The quantitative estimate of drug-likeness (QED) is 0.338. The molecule has 17 heteroatoms. The van der Waals surface area contributed by atoms with Crippen LogP contribution in [0.5, 0.6) is 0 Å². The number of alkyl halides is 3. The maximum Gasteiger partial charge on any atom is 0.490 e. The van der Waals surface area contributed by atoms with Crippen molar-refractivity contribution in [3.63, 3.8) is 0 Å². The molecule has 2 amide bonds. The Labute approximate surface area is 258 Å². The first kappa shape index (κ1) is 37.0. The SMILES string of the molecule is CC(C)(C)OC(=O)Nc1ccc([C@@H]2CCON2C(=O)OC(C)(C)C)cn1.Nc1ccc(C2CCON2)cn1.O=C(O)C(F)(F)F. The van der Waals surface area contributed by atoms with Gasteiger partial charge in [-0.1, -0.05) is 12.1 Å². The fraction of sp³-hybridized carbons (Fsp3) is 0.536. The second-order valence-electron chi connectivity index (χ2n) is 11.7. The van der Waals surface area contributed by atoms with Gasteiger partial charge in [0.15, 0.2) is 0 Å². The third kappa shape index (κ3) is 13.5. The normalized spacial score (nSPS) is 18.1. The number of carbonyl (C=O) groups is 3. The molecule has 2 aromatic rings. The Morgan fingerprint density at radius 3 is 2.02 bits per heavy atom. The molecule has 2 atom stereocenters. The third-order valence-electron chi connectivity index (χ3n) is 5.47. The number of nitrogens with two attached hydrogens (primary N) is 1. The molecule has 2 aliphatic heterocycles. The topological polar surface area (TPSA) is 187 Å². The number of hydroxylamine groups is 3. The van der Waals surface area contributed by atoms with Gasteiger partial charge >= 0.3 is 24.3 Å². The second kappa shape index (κ2) is 15.7. The first-order valence-corrected chi connectivity index (χ1v) is 13.7. The van der Waals surface area contributed by atoms with Crippen LogP contribution in [0.15, 0.2) is 36.7 Å². The lowest BCUT2D eigenvalue weighted by Gasteiger charge is -2.27. The molecular formula is C28H39F3N6O8. The van der Waals surface area contributed by atoms with Crippen LogP contribution in [-0.4, -0.2) is 68.9 Å². The number of aliphatic carboxylic acids is 1. The highest BCUT2D eigenvalue weighted by Crippen LogP contribution is 2.31. The van der Waals surface area contributed by atoms with Crippen molar-refractivity contribution >= 4 is 29.8 Å². The molecule has 0 aliphatic carbocycles. The zero-order chi connectivity index (χ0) is 34.0. The molecule has 2 saturated heterocycles. The fourth-order valence-electron chi connectivity index (χ4n) is 3.60. The van der Waals surface area contributed by atoms with Gasteiger partial charge < -0.3 is 25.2 Å². The number of nitrogens with one attached hydrogen (secondary N) is 2. The standard InChI is InChI=1S/C18H27N3O5.C8H11N3O.C2HF3O2/c1-17(2,3)25-15(22)20-14-8-7-12(11-19-14)13-9-10-24-21(13)16(23)26-18(4,5)6;9-8-2-1-6(5-10-8)7-3-4-12-11-7;3-2(4,5)1(6)7/h7-8,11,13H,9-10H2,1-6H3,(H,19,20,22);1-2,5,7,11H,3-4H2,(H2,9,10);(H,6,7)/t13-;;/m0../s1. The summed E-state index contributed by atoms with van der Waals surface area (Å²) in [5.41, 5.74) is 9.11. The van der Waals surface area contributed by atoms with E-state index in [1.807, 2.05) is 6.07 Å². The number of nitrogen functional groups attached to an aromatic ring is 1. The molecular weight excluding hydrogens is 605 g/mol. The number of hydrogen-bond donors (Lipinski definition) is 4. The summed E-state index contributed by atoms with van der Waals surface area (Å²) in [5, 5.41) is 10.9. The van der Waals surface area contributed by atoms with E-state index in [-0.39, 0.29) is 12.1 Å². The van der Waals surface area contributed by atoms with Crippen molar-refractivity contribution in [2.75, 3.05) is 24.3 Å². The molecule has 14 nitrogen and oxygen atoms in total. The number of rotatable bonds is 3. The van der Waals surface area contributed by atoms with Crippen LogP contribution in [0.25, 0.3) is 0 Å². The maximum absolute atomic E-state index is 12.3. The monoisotopic (exact) mass is 644 g/mol. The van der Waals surface area contributed by atoms with E-state index in [9.17, 15) is 22.8 Å². The third-order valence-corrected chi connectivity index (χ3v) is 5.47. The molecule has 4 heterocycles. The number of aromatic nitrogens is 2. The molecule has 4 rings (SSSR count). The predicted molar refractivity (Wildman–Crippen MR) is 154 cm³/mol. The van der Waals surface area contributed by atoms with Crippen LogP contribution >= 0.6 is 0 Å². The highest BCUT2D eigenvalue weighted by atomic mass is 19.4. The molecule has 250 valence electrons. The Morgan fingerprint density at radius 2 is 1.56 bits per heavy atom. The summed E-state index contributed by atoms with van der Waals surface area (Å²) in [6.07, 6.45) is -1.18. The van der Waals surface area contributed by atoms with Crippen molar-refractivity contribution in [2.45, 2.75) is 83.8 Å². The van der Waals surface area contributed by atoms with Crippen molar-refractivity contribution in [3.05, 3.63) is 47.8 Å². The summed E-state index contributed by atoms with van der Waals surface area (Å²) in [5.74, 6) is -1.84. The molecule has 0 radical (unpaired) electrons. The second-order valence-corrected chi connectivity index (χ2v) is 11.7. The predicted octanol–water partition coefficient (Wildman–Crippen LogP) is 5.31. The fourth-order valence-corrected chi connectivity index (χ4v) is 3.60. The molecule has 1 unspecified atom stereocenters. The molecule has 45 heavy (non-hydrogen) atoms. The number of carbonyl (C=O) groups excluding carboxylic acids is 2. The summed E-state index contributed by atoms with van der Waals surface area (Å²) < 4.78 is 42.3. The summed E-state index contributed by atoms with van der Waals surface area (Å²) in [4.78, 5) is 51.6. The molecule has 5 N–H and O–H groups in total. The van der Waals surface area contributed by atoms with Crippen LogP contribution in [0.4, 0.5) is 34.4 Å². The summed E-state index contributed by atoms with van der Waals surface area (Å²) >= 11 is 0. The minimum Gasteiger partial charge on any atom is -0.475 e. The first-order valence-electron chi connectivity index (χ1n) is 13.7. The van der Waals surface area contributed by atoms with E-state index in [0.717, 1.165) is 24.2 Å². The van der Waals surface area contributed by atoms with Crippen LogP contribution < -0.4 is 16.5 Å². The van der Waals surface area contributed by atoms with Gasteiger partial charge in [-0.15, -0.1) is 0 Å². The number of anilines is 2. The van der Waals surface area contributed by atoms with Gasteiger partial charge in [-0.2, -0.15) is 23.7 Å². The Morgan fingerprint density at radius 1 is 0.956 bits per heavy atom. The van der Waals surface area contributed by atoms with Crippen molar-refractivity contribution < 1.29 is 51.8 Å². The smallest absolute Gasteiger partial charge is 0.475 e. The van der Waals surface area contributed by atoms with E-state index < -0.39 is 35.5 Å². The number of hydrogen-bond acceptors (Lipinski definition) is 11. The lowest BCUT2D eigenvalue weighted by molar-refractivity contribution is -0.192. The Balaban J connectivity index is 0.000000303. The highest BCUT2D eigenvalue weighted by molar-refractivity contribution is 5.83. The van der Waals surface area contributed by atoms with Gasteiger partial charge in [0.05, 0.1) is 25.3 Å². The van der Waals surface area contributed by atoms with E-state index in [2.05, 4.69) is 20.8 Å². The molecule has 0 bridgehead atoms. The van der Waals surface area contributed by atoms with Crippen LogP contribution in [-0.2, 0) is 23.9 Å². The van der Waals surface area contributed by atoms with Gasteiger partial charge in [0, 0.05) is 18.8 Å². The molecule has 2 aliphatic rings. The number of ether oxygens (including phenoxy) is 2. The number of amides is 2. The molecule has 2 fully saturated rings. The zero-order valence-corrected chi connectivity index (χ0v) is 25.8. The number of halogens is 3. The summed E-state index contributed by atoms with van der Waals surface area (Å²) in [6.45, 7) is 11.9. The average Bonchev–Trinajstić information content (AvgIpc) is 3.61. The lowest BCUT2D eigenvalue weighted by Crippen LogP contribution is -2.35. The largest absolute Gasteiger partial charge is 0.490 e. The summed E-state index contributed by atoms with van der Waals surface area (Å²) in [6, 6.07) is 7.21. The van der Waals surface area contributed by atoms with Gasteiger partial charge in [-0.25, -0.2) is 24.4 Å². The van der Waals surface area contributed by atoms with Crippen molar-refractivity contribution in [1.82, 2.24) is 20.5 Å². The summed E-state index contributed by atoms with van der Waals surface area (Å²) in [7, 11) is 0. The van der Waals surface area contributed by atoms with Crippen LogP contribution in [0.2, 0.25) is 0 Å². The van der Waals surface area contributed by atoms with Crippen molar-refractivity contribution in [2.24, 2.45) is 0 Å². The zero-order valence-electron chi connectivity index (χ0n) is 25.8. The Bertz CT molecular complexity index is 1260. The number of nitrogens with zero attached hydrogens (tertiary/aromatic N) is 3. The van der Waals surface area contributed by atoms with Crippen LogP contribution in [0, 0.1) is 0 Å². The van der Waals surface area contributed by atoms with E-state index >= 15 is 0 Å². The molecule has 2 aromatic heterocycles. The van der Waals surface area contributed by atoms with Gasteiger partial charge in [-0.05, 0) is 71.2 Å². The van der Waals surface area contributed by atoms with Gasteiger partial charge in [0.2, 0.25) is 0 Å². The minimum atomic E-state index is -5.08. The van der Waals surface area contributed by atoms with Gasteiger partial charge in [-0.3, -0.25) is 10.2 Å². The van der Waals surface area contributed by atoms with Gasteiger partial charge in [0.25, 0.3) is 0 Å². The minimum absolute atomic E-state index is 0.276. The average molecular weight is 645 g/mol.